The van der Waals surface area contributed by atoms with Crippen LogP contribution in [0.3, 0.4) is 0 Å². The molecule has 2 bridgehead atoms. The van der Waals surface area contributed by atoms with Crippen LogP contribution < -0.4 is 11.3 Å². The fourth-order valence-corrected chi connectivity index (χ4v) is 7.66. The third-order valence-corrected chi connectivity index (χ3v) is 9.77. The molecule has 0 aromatic carbocycles. The van der Waals surface area contributed by atoms with E-state index in [9.17, 15) is 33.9 Å². The summed E-state index contributed by atoms with van der Waals surface area (Å²) in [4.78, 5) is 57.2. The van der Waals surface area contributed by atoms with Gasteiger partial charge in [0, 0.05) is 0 Å². The van der Waals surface area contributed by atoms with Gasteiger partial charge < -0.3 is 44.9 Å². The molecule has 0 amide bonds. The molecule has 0 aliphatic carbocycles. The number of hydrogen-bond donors (Lipinski definition) is 6. The number of phosphoric acid groups is 2. The zero-order valence-electron chi connectivity index (χ0n) is 24.7. The molecule has 25 heteroatoms. The summed E-state index contributed by atoms with van der Waals surface area (Å²) >= 11 is 0. The summed E-state index contributed by atoms with van der Waals surface area (Å²) in [6.07, 6.45) is -8.18. The largest absolute Gasteiger partial charge is 0.472 e. The molecule has 48 heavy (non-hydrogen) atoms. The third kappa shape index (κ3) is 6.07. The van der Waals surface area contributed by atoms with E-state index < -0.39 is 90.1 Å². The van der Waals surface area contributed by atoms with Crippen LogP contribution in [-0.4, -0.2) is 122 Å². The molecule has 3 aliphatic rings. The fourth-order valence-electron chi connectivity index (χ4n) is 5.76. The Bertz CT molecular complexity index is 1990. The van der Waals surface area contributed by atoms with Gasteiger partial charge in [-0.05, 0) is 6.92 Å². The number of ether oxygens (including phenoxy) is 3. The van der Waals surface area contributed by atoms with Crippen LogP contribution in [0.15, 0.2) is 23.8 Å². The molecular formula is C23H29N9O14P2. The highest BCUT2D eigenvalue weighted by Crippen LogP contribution is 2.54. The van der Waals surface area contributed by atoms with Crippen LogP contribution in [0.4, 0.5) is 5.82 Å². The van der Waals surface area contributed by atoms with E-state index >= 15 is 0 Å². The summed E-state index contributed by atoms with van der Waals surface area (Å²) in [7, 11) is -10.2. The first kappa shape index (κ1) is 33.2. The lowest BCUT2D eigenvalue weighted by Crippen LogP contribution is -2.38. The predicted octanol–water partition coefficient (Wildman–Crippen LogP) is -1.60. The molecule has 7 rings (SSSR count). The van der Waals surface area contributed by atoms with Crippen LogP contribution in [-0.2, 0) is 41.4 Å². The number of H-pyrrole nitrogens is 1. The van der Waals surface area contributed by atoms with Gasteiger partial charge in [-0.2, -0.15) is 0 Å². The first-order chi connectivity index (χ1) is 22.9. The van der Waals surface area contributed by atoms with Crippen molar-refractivity contribution in [3.8, 4) is 0 Å². The average Bonchev–Trinajstić information content (AvgIpc) is 3.79. The minimum Gasteiger partial charge on any atom is -0.394 e. The second-order valence-corrected chi connectivity index (χ2v) is 13.7. The number of aliphatic hydroxyl groups excluding tert-OH is 2. The predicted molar refractivity (Wildman–Crippen MR) is 155 cm³/mol. The van der Waals surface area contributed by atoms with Gasteiger partial charge in [0.05, 0.1) is 39.1 Å². The SMILES string of the molecule is Cc1nc2c(ncn2[C@@H]2O[C@@H]3COP(=O)(O)O[C@@H]4C(O)[C@H](n5cnc6c(N)ncnc65)O[C@@H]4COP(=O)(O)O[C@H]2C3OCCO)c(=O)[nH]1. The van der Waals surface area contributed by atoms with Gasteiger partial charge in [-0.15, -0.1) is 0 Å². The van der Waals surface area contributed by atoms with Gasteiger partial charge in [0.2, 0.25) is 0 Å². The van der Waals surface area contributed by atoms with Gasteiger partial charge in [0.25, 0.3) is 5.56 Å². The summed E-state index contributed by atoms with van der Waals surface area (Å²) in [6.45, 7) is -0.810. The van der Waals surface area contributed by atoms with Crippen molar-refractivity contribution in [2.75, 3.05) is 32.2 Å². The van der Waals surface area contributed by atoms with Crippen LogP contribution in [0.25, 0.3) is 22.3 Å². The van der Waals surface area contributed by atoms with Crippen LogP contribution in [0, 0.1) is 6.92 Å². The highest BCUT2D eigenvalue weighted by Gasteiger charge is 2.54. The van der Waals surface area contributed by atoms with E-state index in [1.54, 1.807) is 0 Å². The molecule has 4 aromatic rings. The highest BCUT2D eigenvalue weighted by atomic mass is 31.2. The maximum absolute atomic E-state index is 13.5. The maximum Gasteiger partial charge on any atom is 0.472 e. The number of aliphatic hydroxyl groups is 2. The number of hydrogen-bond acceptors (Lipinski definition) is 18. The Kier molecular flexibility index (Phi) is 8.69. The molecule has 4 unspecified atom stereocenters. The Balaban J connectivity index is 1.23. The first-order valence-electron chi connectivity index (χ1n) is 14.2. The van der Waals surface area contributed by atoms with Crippen molar-refractivity contribution < 1.29 is 61.4 Å². The van der Waals surface area contributed by atoms with Gasteiger partial charge in [0.15, 0.2) is 35.1 Å². The Labute approximate surface area is 267 Å². The standard InChI is InChI=1S/C23H29N9O14P2/c1-9-29-20-13(21(35)30-9)28-8-32(20)23-17-16(40-3-2-33)11(44-23)5-42-47(36,37)45-15-10(4-41-48(38,39)46-17)43-22(14(15)34)31-7-27-12-18(24)25-6-26-19(12)31/h6-8,10-11,14-17,22-23,33-34H,2-5H2,1H3,(H,36,37)(H,38,39)(H2,24,25,26)(H,29,30,35)/t10-,11-,14?,15+,16?,17+,22-,23-/m1/s1. The molecule has 260 valence electrons. The second-order valence-electron chi connectivity index (χ2n) is 10.9. The number of aromatic amines is 1. The number of nitrogen functional groups attached to an aromatic ring is 1. The van der Waals surface area contributed by atoms with Gasteiger partial charge in [-0.3, -0.25) is 32.0 Å². The van der Waals surface area contributed by atoms with Gasteiger partial charge in [-0.1, -0.05) is 0 Å². The minimum absolute atomic E-state index is 0.0181. The van der Waals surface area contributed by atoms with E-state index in [0.717, 1.165) is 6.33 Å². The number of imidazole rings is 2. The Morgan fingerprint density at radius 2 is 1.60 bits per heavy atom. The van der Waals surface area contributed by atoms with E-state index in [2.05, 4.69) is 29.9 Å². The molecule has 0 saturated carbocycles. The van der Waals surface area contributed by atoms with Crippen LogP contribution in [0.5, 0.6) is 0 Å². The van der Waals surface area contributed by atoms with Gasteiger partial charge in [0.1, 0.15) is 54.3 Å². The molecule has 23 nitrogen and oxygen atoms in total. The van der Waals surface area contributed by atoms with E-state index in [1.165, 1.54) is 28.7 Å². The average molecular weight is 717 g/mol. The Hall–Kier alpha value is -3.28. The van der Waals surface area contributed by atoms with Crippen LogP contribution >= 0.6 is 15.6 Å². The molecule has 3 aliphatic heterocycles. The van der Waals surface area contributed by atoms with E-state index in [-0.39, 0.29) is 40.6 Å². The van der Waals surface area contributed by atoms with Crippen molar-refractivity contribution in [3.63, 3.8) is 0 Å². The van der Waals surface area contributed by atoms with Crippen molar-refractivity contribution in [1.82, 2.24) is 39.0 Å². The number of nitrogens with zero attached hydrogens (tertiary/aromatic N) is 7. The number of nitrogens with two attached hydrogens (primary N) is 1. The number of rotatable bonds is 5. The van der Waals surface area contributed by atoms with Crippen molar-refractivity contribution in [2.45, 2.75) is 56.0 Å². The molecule has 10 atom stereocenters. The van der Waals surface area contributed by atoms with Crippen molar-refractivity contribution in [1.29, 1.82) is 0 Å². The number of aryl methyl sites for hydroxylation is 1. The summed E-state index contributed by atoms with van der Waals surface area (Å²) in [6, 6.07) is 0. The van der Waals surface area contributed by atoms with Gasteiger partial charge >= 0.3 is 15.6 Å². The smallest absolute Gasteiger partial charge is 0.394 e. The van der Waals surface area contributed by atoms with E-state index in [4.69, 9.17) is 38.0 Å². The zero-order valence-corrected chi connectivity index (χ0v) is 26.4. The topological polar surface area (TPSA) is 313 Å². The molecule has 0 spiro atoms. The number of nitrogens with one attached hydrogen (secondary N) is 1. The van der Waals surface area contributed by atoms with Crippen molar-refractivity contribution in [3.05, 3.63) is 35.2 Å². The number of fused-ring (bicyclic) bond motifs is 5. The summed E-state index contributed by atoms with van der Waals surface area (Å²) < 4.78 is 68.4. The summed E-state index contributed by atoms with van der Waals surface area (Å²) in [5, 5.41) is 20.7. The minimum atomic E-state index is -5.10. The molecule has 7 N–H and O–H groups in total. The molecule has 4 aromatic heterocycles. The Morgan fingerprint density at radius 3 is 2.33 bits per heavy atom. The fraction of sp³-hybridized carbons (Fsp3) is 0.565. The second kappa shape index (κ2) is 12.6. The summed E-state index contributed by atoms with van der Waals surface area (Å²) in [5.41, 5.74) is 5.55. The Morgan fingerprint density at radius 1 is 0.958 bits per heavy atom. The van der Waals surface area contributed by atoms with Gasteiger partial charge in [-0.25, -0.2) is 34.0 Å². The lowest BCUT2D eigenvalue weighted by Gasteiger charge is -2.26. The lowest BCUT2D eigenvalue weighted by atomic mass is 10.1. The monoisotopic (exact) mass is 717 g/mol. The van der Waals surface area contributed by atoms with Crippen molar-refractivity contribution in [2.24, 2.45) is 0 Å². The molecule has 0 radical (unpaired) electrons. The molecular weight excluding hydrogens is 688 g/mol. The number of anilines is 1. The maximum atomic E-state index is 13.5. The number of phosphoric ester groups is 2. The number of aromatic nitrogens is 8. The first-order valence-corrected chi connectivity index (χ1v) is 17.2. The quantitative estimate of drug-likeness (QED) is 0.127. The molecule has 3 saturated heterocycles. The van der Waals surface area contributed by atoms with E-state index in [1.807, 2.05) is 0 Å². The summed E-state index contributed by atoms with van der Waals surface area (Å²) in [5.74, 6) is 0.262. The highest BCUT2D eigenvalue weighted by molar-refractivity contribution is 7.47. The lowest BCUT2D eigenvalue weighted by molar-refractivity contribution is -0.0692. The third-order valence-electron chi connectivity index (χ3n) is 7.80. The zero-order chi connectivity index (χ0) is 34.0. The van der Waals surface area contributed by atoms with E-state index in [0.29, 0.717) is 0 Å². The molecule has 3 fully saturated rings. The normalized spacial score (nSPS) is 36.1. The van der Waals surface area contributed by atoms with Crippen molar-refractivity contribution >= 4 is 43.8 Å². The molecule has 7 heterocycles. The van der Waals surface area contributed by atoms with Crippen LogP contribution in [0.1, 0.15) is 18.3 Å². The van der Waals surface area contributed by atoms with Crippen LogP contribution in [0.2, 0.25) is 0 Å².